The van der Waals surface area contributed by atoms with Gasteiger partial charge in [0.15, 0.2) is 6.04 Å². The molecule has 0 bridgehead atoms. The Kier molecular flexibility index (Phi) is 4.31. The molecule has 1 aliphatic rings. The predicted molar refractivity (Wildman–Crippen MR) is 93.7 cm³/mol. The van der Waals surface area contributed by atoms with Crippen LogP contribution >= 0.6 is 11.3 Å². The van der Waals surface area contributed by atoms with E-state index in [1.165, 1.54) is 32.9 Å². The first-order valence-electron chi connectivity index (χ1n) is 8.26. The smallest absolute Gasteiger partial charge is 0.269 e. The van der Waals surface area contributed by atoms with Gasteiger partial charge in [0.05, 0.1) is 18.1 Å². The van der Waals surface area contributed by atoms with Crippen LogP contribution in [0.3, 0.4) is 0 Å². The third-order valence-electron chi connectivity index (χ3n) is 4.55. The number of aromatic hydroxyl groups is 1. The minimum atomic E-state index is -0.413. The third kappa shape index (κ3) is 2.91. The number of morpholine rings is 1. The number of nitro groups is 1. The molecule has 3 heterocycles. The van der Waals surface area contributed by atoms with Gasteiger partial charge in [-0.3, -0.25) is 10.1 Å². The van der Waals surface area contributed by atoms with Gasteiger partial charge in [0, 0.05) is 17.7 Å². The van der Waals surface area contributed by atoms with Gasteiger partial charge >= 0.3 is 0 Å². The average Bonchev–Trinajstić information content (AvgIpc) is 3.14. The molecule has 1 aliphatic heterocycles. The van der Waals surface area contributed by atoms with Crippen LogP contribution in [0, 0.1) is 17.0 Å². The highest BCUT2D eigenvalue weighted by Crippen LogP contribution is 2.35. The maximum Gasteiger partial charge on any atom is 0.269 e. The summed E-state index contributed by atoms with van der Waals surface area (Å²) in [5.41, 5.74) is 0.955. The van der Waals surface area contributed by atoms with Gasteiger partial charge in [0.1, 0.15) is 23.8 Å². The van der Waals surface area contributed by atoms with Gasteiger partial charge in [0.25, 0.3) is 5.69 Å². The van der Waals surface area contributed by atoms with Crippen LogP contribution in [0.1, 0.15) is 22.3 Å². The van der Waals surface area contributed by atoms with Crippen molar-refractivity contribution in [2.75, 3.05) is 26.3 Å². The molecular formula is C16H18N5O4S+. The molecule has 0 aliphatic carbocycles. The monoisotopic (exact) mass is 376 g/mol. The maximum absolute atomic E-state index is 10.9. The average molecular weight is 376 g/mol. The second kappa shape index (κ2) is 6.63. The molecule has 10 heteroatoms. The van der Waals surface area contributed by atoms with E-state index in [1.54, 1.807) is 19.1 Å². The summed E-state index contributed by atoms with van der Waals surface area (Å²) in [4.78, 5) is 17.5. The molecule has 1 atom stereocenters. The topological polar surface area (TPSA) is 107 Å². The Balaban J connectivity index is 1.80. The Morgan fingerprint density at radius 1 is 1.35 bits per heavy atom. The molecule has 2 N–H and O–H groups in total. The van der Waals surface area contributed by atoms with E-state index in [2.05, 4.69) is 10.1 Å². The van der Waals surface area contributed by atoms with Crippen LogP contribution in [0.4, 0.5) is 5.69 Å². The lowest BCUT2D eigenvalue weighted by Crippen LogP contribution is -3.14. The second-order valence-corrected chi connectivity index (χ2v) is 7.20. The van der Waals surface area contributed by atoms with Crippen LogP contribution in [0.5, 0.6) is 5.88 Å². The van der Waals surface area contributed by atoms with Crippen LogP contribution in [0.25, 0.3) is 4.96 Å². The molecule has 26 heavy (non-hydrogen) atoms. The van der Waals surface area contributed by atoms with Crippen molar-refractivity contribution < 1.29 is 19.7 Å². The molecular weight excluding hydrogens is 358 g/mol. The Hall–Kier alpha value is -2.56. The standard InChI is InChI=1S/C16H17N5O4S/c1-10-17-16-20(18-10)15(22)14(26-16)13(19-6-8-25-9-7-19)11-2-4-12(5-3-11)21(23)24/h2-5,13,22H,6-9H2,1H3/p+1/t13-/m0/s1. The number of ether oxygens (including phenoxy) is 1. The summed E-state index contributed by atoms with van der Waals surface area (Å²) >= 11 is 1.40. The number of benzene rings is 1. The number of aromatic nitrogens is 3. The summed E-state index contributed by atoms with van der Waals surface area (Å²) in [5.74, 6) is 0.677. The van der Waals surface area contributed by atoms with Crippen LogP contribution in [-0.4, -0.2) is 50.9 Å². The molecule has 0 amide bonds. The summed E-state index contributed by atoms with van der Waals surface area (Å²) in [7, 11) is 0. The van der Waals surface area contributed by atoms with Crippen molar-refractivity contribution in [2.24, 2.45) is 0 Å². The van der Waals surface area contributed by atoms with Crippen molar-refractivity contribution in [1.82, 2.24) is 14.6 Å². The molecule has 0 unspecified atom stereocenters. The van der Waals surface area contributed by atoms with E-state index in [0.717, 1.165) is 23.5 Å². The molecule has 0 radical (unpaired) electrons. The summed E-state index contributed by atoms with van der Waals surface area (Å²) in [6.07, 6.45) is 0. The van der Waals surface area contributed by atoms with Crippen LogP contribution in [0.15, 0.2) is 24.3 Å². The number of nitro benzene ring substituents is 1. The highest BCUT2D eigenvalue weighted by atomic mass is 32.1. The van der Waals surface area contributed by atoms with Crippen LogP contribution in [-0.2, 0) is 4.74 Å². The molecule has 0 saturated carbocycles. The Labute approximate surface area is 152 Å². The van der Waals surface area contributed by atoms with Crippen molar-refractivity contribution in [3.05, 3.63) is 50.6 Å². The zero-order valence-corrected chi connectivity index (χ0v) is 14.9. The molecule has 2 aromatic heterocycles. The van der Waals surface area contributed by atoms with E-state index in [4.69, 9.17) is 4.74 Å². The van der Waals surface area contributed by atoms with E-state index in [0.29, 0.717) is 24.0 Å². The van der Waals surface area contributed by atoms with E-state index < -0.39 is 4.92 Å². The number of nitrogens with one attached hydrogen (secondary N) is 1. The fourth-order valence-corrected chi connectivity index (χ4v) is 4.51. The quantitative estimate of drug-likeness (QED) is 0.513. The lowest BCUT2D eigenvalue weighted by Gasteiger charge is -2.31. The number of non-ortho nitro benzene ring substituents is 1. The van der Waals surface area contributed by atoms with Gasteiger partial charge in [-0.15, -0.1) is 5.10 Å². The van der Waals surface area contributed by atoms with E-state index in [9.17, 15) is 15.2 Å². The summed E-state index contributed by atoms with van der Waals surface area (Å²) < 4.78 is 6.91. The highest BCUT2D eigenvalue weighted by molar-refractivity contribution is 7.17. The number of hydrogen-bond donors (Lipinski definition) is 2. The van der Waals surface area contributed by atoms with Crippen LogP contribution < -0.4 is 4.90 Å². The zero-order chi connectivity index (χ0) is 18.3. The minimum absolute atomic E-state index is 0.0481. The fraction of sp³-hybridized carbons (Fsp3) is 0.375. The number of hydrogen-bond acceptors (Lipinski definition) is 7. The van der Waals surface area contributed by atoms with Gasteiger partial charge in [-0.25, -0.2) is 4.98 Å². The first kappa shape index (κ1) is 16.9. The first-order chi connectivity index (χ1) is 12.5. The highest BCUT2D eigenvalue weighted by Gasteiger charge is 2.34. The zero-order valence-electron chi connectivity index (χ0n) is 14.1. The molecule has 9 nitrogen and oxygen atoms in total. The maximum atomic E-state index is 10.9. The van der Waals surface area contributed by atoms with E-state index in [1.807, 2.05) is 0 Å². The predicted octanol–water partition coefficient (Wildman–Crippen LogP) is 0.718. The number of nitrogens with zero attached hydrogens (tertiary/aromatic N) is 4. The number of quaternary nitrogens is 1. The molecule has 1 fully saturated rings. The van der Waals surface area contributed by atoms with Gasteiger partial charge in [-0.05, 0) is 19.1 Å². The Morgan fingerprint density at radius 2 is 2.04 bits per heavy atom. The Morgan fingerprint density at radius 3 is 2.65 bits per heavy atom. The summed E-state index contributed by atoms with van der Waals surface area (Å²) in [5, 5.41) is 25.9. The van der Waals surface area contributed by atoms with Gasteiger partial charge in [-0.1, -0.05) is 11.3 Å². The number of fused-ring (bicyclic) bond motifs is 1. The Bertz CT molecular complexity index is 946. The minimum Gasteiger partial charge on any atom is -0.492 e. The molecule has 4 rings (SSSR count). The SMILES string of the molecule is Cc1nc2sc([C@H](c3ccc([N+](=O)[O-])cc3)[NH+]3CCOCC3)c(O)n2n1. The van der Waals surface area contributed by atoms with Crippen LogP contribution in [0.2, 0.25) is 0 Å². The van der Waals surface area contributed by atoms with Crippen molar-refractivity contribution >= 4 is 22.0 Å². The normalized spacial score (nSPS) is 16.8. The lowest BCUT2D eigenvalue weighted by molar-refractivity contribution is -0.932. The summed E-state index contributed by atoms with van der Waals surface area (Å²) in [6.45, 7) is 4.63. The van der Waals surface area contributed by atoms with E-state index >= 15 is 0 Å². The summed E-state index contributed by atoms with van der Waals surface area (Å²) in [6, 6.07) is 6.35. The van der Waals surface area contributed by atoms with E-state index in [-0.39, 0.29) is 17.6 Å². The van der Waals surface area contributed by atoms with Gasteiger partial charge in [-0.2, -0.15) is 4.52 Å². The molecule has 0 spiro atoms. The van der Waals surface area contributed by atoms with Crippen molar-refractivity contribution in [2.45, 2.75) is 13.0 Å². The molecule has 1 saturated heterocycles. The fourth-order valence-electron chi connectivity index (χ4n) is 3.32. The van der Waals surface area contributed by atoms with Crippen molar-refractivity contribution in [1.29, 1.82) is 0 Å². The van der Waals surface area contributed by atoms with Crippen molar-refractivity contribution in [3.8, 4) is 5.88 Å². The van der Waals surface area contributed by atoms with Crippen molar-refractivity contribution in [3.63, 3.8) is 0 Å². The first-order valence-corrected chi connectivity index (χ1v) is 9.08. The molecule has 136 valence electrons. The number of thiazole rings is 1. The number of aryl methyl sites for hydroxylation is 1. The van der Waals surface area contributed by atoms with Gasteiger partial charge < -0.3 is 14.7 Å². The largest absolute Gasteiger partial charge is 0.492 e. The second-order valence-electron chi connectivity index (χ2n) is 6.20. The van der Waals surface area contributed by atoms with Gasteiger partial charge in [0.2, 0.25) is 10.8 Å². The third-order valence-corrected chi connectivity index (χ3v) is 5.63. The molecule has 3 aromatic rings. The number of rotatable bonds is 4. The molecule has 1 aromatic carbocycles. The lowest BCUT2D eigenvalue weighted by atomic mass is 10.0.